The van der Waals surface area contributed by atoms with Gasteiger partial charge in [-0.3, -0.25) is 0 Å². The van der Waals surface area contributed by atoms with Crippen LogP contribution in [-0.2, 0) is 0 Å². The third-order valence-electron chi connectivity index (χ3n) is 2.26. The molecule has 0 rings (SSSR count). The molecule has 0 bridgehead atoms. The first kappa shape index (κ1) is 11.7. The average Bonchev–Trinajstić information content (AvgIpc) is 2.04. The molecule has 0 aliphatic carbocycles. The van der Waals surface area contributed by atoms with Crippen LogP contribution in [0.4, 0.5) is 0 Å². The van der Waals surface area contributed by atoms with E-state index >= 15 is 0 Å². The molecule has 12 heavy (non-hydrogen) atoms. The molecule has 72 valence electrons. The molecule has 0 aliphatic rings. The molecular weight excluding hydrogens is 144 g/mol. The summed E-state index contributed by atoms with van der Waals surface area (Å²) in [6.07, 6.45) is 8.97. The smallest absolute Gasteiger partial charge is 0.0260 e. The maximum Gasteiger partial charge on any atom is -0.0260 e. The molecule has 0 atom stereocenters. The summed E-state index contributed by atoms with van der Waals surface area (Å²) in [5, 5.41) is 0. The van der Waals surface area contributed by atoms with Crippen LogP contribution in [0.3, 0.4) is 0 Å². The maximum atomic E-state index is 2.44. The molecule has 0 fully saturated rings. The van der Waals surface area contributed by atoms with E-state index in [0.717, 1.165) is 5.92 Å². The van der Waals surface area contributed by atoms with Crippen molar-refractivity contribution >= 4 is 0 Å². The molecular formula is C12H24. The fourth-order valence-electron chi connectivity index (χ4n) is 1.34. The standard InChI is InChI=1S/C12H24/c1-5-7-9-12(11(3)4)10-8-6-2/h9,11H,5-8,10H2,1-4H3/b12-9+. The molecule has 0 aromatic heterocycles. The normalized spacial score (nSPS) is 12.6. The lowest BCUT2D eigenvalue weighted by Gasteiger charge is -2.10. The highest BCUT2D eigenvalue weighted by molar-refractivity contribution is 5.04. The predicted octanol–water partition coefficient (Wildman–Crippen LogP) is 4.56. The van der Waals surface area contributed by atoms with Gasteiger partial charge in [-0.25, -0.2) is 0 Å². The summed E-state index contributed by atoms with van der Waals surface area (Å²) in [5.41, 5.74) is 1.67. The molecule has 0 unspecified atom stereocenters. The lowest BCUT2D eigenvalue weighted by Crippen LogP contribution is -1.94. The molecule has 0 N–H and O–H groups in total. The van der Waals surface area contributed by atoms with Gasteiger partial charge in [0.25, 0.3) is 0 Å². The topological polar surface area (TPSA) is 0 Å². The second-order valence-corrected chi connectivity index (χ2v) is 3.83. The molecule has 0 spiro atoms. The fraction of sp³-hybridized carbons (Fsp3) is 0.833. The monoisotopic (exact) mass is 168 g/mol. The van der Waals surface area contributed by atoms with E-state index in [1.54, 1.807) is 5.57 Å². The Hall–Kier alpha value is -0.260. The Balaban J connectivity index is 3.85. The van der Waals surface area contributed by atoms with Gasteiger partial charge in [-0.15, -0.1) is 0 Å². The number of hydrogen-bond donors (Lipinski definition) is 0. The lowest BCUT2D eigenvalue weighted by molar-refractivity contribution is 0.666. The van der Waals surface area contributed by atoms with Gasteiger partial charge in [-0.1, -0.05) is 52.2 Å². The zero-order valence-electron chi connectivity index (χ0n) is 9.19. The molecule has 0 nitrogen and oxygen atoms in total. The van der Waals surface area contributed by atoms with Crippen molar-refractivity contribution in [2.75, 3.05) is 0 Å². The summed E-state index contributed by atoms with van der Waals surface area (Å²) >= 11 is 0. The van der Waals surface area contributed by atoms with Gasteiger partial charge in [0.05, 0.1) is 0 Å². The molecule has 0 aromatic rings. The quantitative estimate of drug-likeness (QED) is 0.510. The summed E-state index contributed by atoms with van der Waals surface area (Å²) < 4.78 is 0. The first-order chi connectivity index (χ1) is 5.72. The molecule has 0 aliphatic heterocycles. The van der Waals surface area contributed by atoms with E-state index in [1.807, 2.05) is 0 Å². The van der Waals surface area contributed by atoms with Crippen LogP contribution in [0.25, 0.3) is 0 Å². The van der Waals surface area contributed by atoms with Crippen molar-refractivity contribution in [2.24, 2.45) is 5.92 Å². The van der Waals surface area contributed by atoms with Crippen molar-refractivity contribution in [3.05, 3.63) is 11.6 Å². The number of rotatable bonds is 6. The van der Waals surface area contributed by atoms with Crippen LogP contribution in [-0.4, -0.2) is 0 Å². The highest BCUT2D eigenvalue weighted by Gasteiger charge is 2.01. The van der Waals surface area contributed by atoms with Crippen molar-refractivity contribution in [2.45, 2.75) is 59.8 Å². The van der Waals surface area contributed by atoms with Crippen LogP contribution in [0, 0.1) is 5.92 Å². The van der Waals surface area contributed by atoms with Crippen LogP contribution >= 0.6 is 0 Å². The summed E-state index contributed by atoms with van der Waals surface area (Å²) in [4.78, 5) is 0. The van der Waals surface area contributed by atoms with Crippen molar-refractivity contribution in [3.63, 3.8) is 0 Å². The Bertz CT molecular complexity index is 120. The minimum absolute atomic E-state index is 0.753. The van der Waals surface area contributed by atoms with Gasteiger partial charge in [0.1, 0.15) is 0 Å². The summed E-state index contributed by atoms with van der Waals surface area (Å²) in [5.74, 6) is 0.753. The van der Waals surface area contributed by atoms with Crippen molar-refractivity contribution in [3.8, 4) is 0 Å². The van der Waals surface area contributed by atoms with E-state index in [9.17, 15) is 0 Å². The van der Waals surface area contributed by atoms with E-state index in [1.165, 1.54) is 32.1 Å². The Morgan fingerprint density at radius 2 is 1.83 bits per heavy atom. The van der Waals surface area contributed by atoms with E-state index in [-0.39, 0.29) is 0 Å². The number of unbranched alkanes of at least 4 members (excludes halogenated alkanes) is 2. The lowest BCUT2D eigenvalue weighted by atomic mass is 9.96. The maximum absolute atomic E-state index is 2.44. The Labute approximate surface area is 78.1 Å². The van der Waals surface area contributed by atoms with Crippen LogP contribution < -0.4 is 0 Å². The first-order valence-corrected chi connectivity index (χ1v) is 5.41. The number of hydrogen-bond acceptors (Lipinski definition) is 0. The van der Waals surface area contributed by atoms with Gasteiger partial charge < -0.3 is 0 Å². The third-order valence-corrected chi connectivity index (χ3v) is 2.26. The summed E-state index contributed by atoms with van der Waals surface area (Å²) in [6, 6.07) is 0. The van der Waals surface area contributed by atoms with Gasteiger partial charge in [0.15, 0.2) is 0 Å². The fourth-order valence-corrected chi connectivity index (χ4v) is 1.34. The van der Waals surface area contributed by atoms with Crippen LogP contribution in [0.1, 0.15) is 59.8 Å². The summed E-state index contributed by atoms with van der Waals surface area (Å²) in [7, 11) is 0. The van der Waals surface area contributed by atoms with E-state index in [4.69, 9.17) is 0 Å². The SMILES string of the molecule is CCC/C=C(\CCCC)C(C)C. The van der Waals surface area contributed by atoms with E-state index in [2.05, 4.69) is 33.8 Å². The van der Waals surface area contributed by atoms with Gasteiger partial charge in [0, 0.05) is 0 Å². The van der Waals surface area contributed by atoms with Crippen LogP contribution in [0.15, 0.2) is 11.6 Å². The average molecular weight is 168 g/mol. The Kier molecular flexibility index (Phi) is 7.23. The zero-order chi connectivity index (χ0) is 9.40. The highest BCUT2D eigenvalue weighted by Crippen LogP contribution is 2.17. The second kappa shape index (κ2) is 7.39. The van der Waals surface area contributed by atoms with Crippen LogP contribution in [0.2, 0.25) is 0 Å². The van der Waals surface area contributed by atoms with Gasteiger partial charge in [-0.2, -0.15) is 0 Å². The molecule has 0 saturated carbocycles. The summed E-state index contributed by atoms with van der Waals surface area (Å²) in [6.45, 7) is 9.11. The second-order valence-electron chi connectivity index (χ2n) is 3.83. The first-order valence-electron chi connectivity index (χ1n) is 5.41. The zero-order valence-corrected chi connectivity index (χ0v) is 9.19. The van der Waals surface area contributed by atoms with Crippen molar-refractivity contribution in [1.82, 2.24) is 0 Å². The number of allylic oxidation sites excluding steroid dienone is 2. The Morgan fingerprint density at radius 1 is 1.17 bits per heavy atom. The van der Waals surface area contributed by atoms with Crippen molar-refractivity contribution < 1.29 is 0 Å². The van der Waals surface area contributed by atoms with Crippen LogP contribution in [0.5, 0.6) is 0 Å². The molecule has 0 radical (unpaired) electrons. The van der Waals surface area contributed by atoms with Gasteiger partial charge >= 0.3 is 0 Å². The van der Waals surface area contributed by atoms with E-state index in [0.29, 0.717) is 0 Å². The third kappa shape index (κ3) is 5.40. The molecule has 0 amide bonds. The van der Waals surface area contributed by atoms with Crippen molar-refractivity contribution in [1.29, 1.82) is 0 Å². The molecule has 0 aromatic carbocycles. The molecule has 0 heteroatoms. The van der Waals surface area contributed by atoms with Gasteiger partial charge in [-0.05, 0) is 25.2 Å². The minimum atomic E-state index is 0.753. The Morgan fingerprint density at radius 3 is 2.25 bits per heavy atom. The highest BCUT2D eigenvalue weighted by atomic mass is 14.1. The van der Waals surface area contributed by atoms with E-state index < -0.39 is 0 Å². The molecule has 0 saturated heterocycles. The predicted molar refractivity (Wildman–Crippen MR) is 57.4 cm³/mol. The largest absolute Gasteiger partial charge is 0.0851 e. The minimum Gasteiger partial charge on any atom is -0.0851 e. The van der Waals surface area contributed by atoms with Gasteiger partial charge in [0.2, 0.25) is 0 Å². The molecule has 0 heterocycles.